The number of hydrogen-bond donors (Lipinski definition) is 1. The van der Waals surface area contributed by atoms with E-state index in [1.165, 1.54) is 5.57 Å². The van der Waals surface area contributed by atoms with Crippen molar-refractivity contribution in [3.8, 4) is 0 Å². The van der Waals surface area contributed by atoms with Crippen LogP contribution in [-0.2, 0) is 16.1 Å². The molecule has 6 atom stereocenters. The third-order valence-corrected chi connectivity index (χ3v) is 9.68. The van der Waals surface area contributed by atoms with E-state index in [0.29, 0.717) is 28.7 Å². The molecule has 0 bridgehead atoms. The van der Waals surface area contributed by atoms with Crippen LogP contribution < -0.4 is 11.2 Å². The van der Waals surface area contributed by atoms with Gasteiger partial charge in [-0.25, -0.2) is 4.79 Å². The second kappa shape index (κ2) is 7.35. The van der Waals surface area contributed by atoms with Crippen molar-refractivity contribution in [3.63, 3.8) is 0 Å². The van der Waals surface area contributed by atoms with Crippen molar-refractivity contribution in [2.75, 3.05) is 0 Å². The van der Waals surface area contributed by atoms with Gasteiger partial charge >= 0.3 is 5.69 Å². The van der Waals surface area contributed by atoms with Crippen molar-refractivity contribution in [2.24, 2.45) is 34.5 Å². The van der Waals surface area contributed by atoms with Gasteiger partial charge in [-0.1, -0.05) is 19.4 Å². The SMILES string of the molecule is CC12CCC(=O)C=C1CCC1C2CCC2(C)C(C(=O)Cn3c(=O)[nH]cc(F)c3=O)CCC12. The molecular weight excluding hydrogens is 411 g/mol. The monoisotopic (exact) mass is 442 g/mol. The quantitative estimate of drug-likeness (QED) is 0.777. The van der Waals surface area contributed by atoms with Gasteiger partial charge in [0, 0.05) is 18.5 Å². The summed E-state index contributed by atoms with van der Waals surface area (Å²) in [4.78, 5) is 51.6. The van der Waals surface area contributed by atoms with E-state index in [1.807, 2.05) is 6.08 Å². The van der Waals surface area contributed by atoms with E-state index in [2.05, 4.69) is 18.8 Å². The van der Waals surface area contributed by atoms with Crippen LogP contribution in [0.3, 0.4) is 0 Å². The van der Waals surface area contributed by atoms with Crippen molar-refractivity contribution < 1.29 is 14.0 Å². The van der Waals surface area contributed by atoms with Crippen LogP contribution in [0.15, 0.2) is 27.4 Å². The number of Topliss-reactive ketones (excluding diaryl/α,β-unsaturated/α-hetero) is 1. The van der Waals surface area contributed by atoms with Gasteiger partial charge in [0.1, 0.15) is 0 Å². The third-order valence-electron chi connectivity index (χ3n) is 9.68. The van der Waals surface area contributed by atoms with Gasteiger partial charge < -0.3 is 4.98 Å². The fourth-order valence-electron chi connectivity index (χ4n) is 7.98. The Labute approximate surface area is 186 Å². The summed E-state index contributed by atoms with van der Waals surface area (Å²) in [6.07, 6.45) is 9.91. The number of rotatable bonds is 3. The number of carbonyl (C=O) groups is 2. The van der Waals surface area contributed by atoms with Crippen LogP contribution in [0.2, 0.25) is 0 Å². The summed E-state index contributed by atoms with van der Waals surface area (Å²) in [5.41, 5.74) is -0.544. The first-order chi connectivity index (χ1) is 15.1. The highest BCUT2D eigenvalue weighted by Gasteiger charge is 2.60. The molecule has 1 N–H and O–H groups in total. The largest absolute Gasteiger partial charge is 0.328 e. The fourth-order valence-corrected chi connectivity index (χ4v) is 7.98. The van der Waals surface area contributed by atoms with E-state index in [0.717, 1.165) is 51.1 Å². The molecule has 32 heavy (non-hydrogen) atoms. The molecule has 0 aliphatic heterocycles. The standard InChI is InChI=1S/C25H31FN2O4/c1-24-9-7-15(29)11-14(24)3-4-16-17-5-6-19(25(17,2)10-8-18(16)24)21(30)13-28-22(31)20(26)12-27-23(28)32/h11-12,16-19H,3-10,13H2,1-2H3,(H,27,32). The van der Waals surface area contributed by atoms with Crippen LogP contribution in [0.1, 0.15) is 65.2 Å². The van der Waals surface area contributed by atoms with Crippen LogP contribution in [0.25, 0.3) is 0 Å². The average molecular weight is 443 g/mol. The zero-order valence-electron chi connectivity index (χ0n) is 18.8. The zero-order chi connectivity index (χ0) is 22.8. The molecule has 6 nitrogen and oxygen atoms in total. The molecule has 1 aromatic heterocycles. The van der Waals surface area contributed by atoms with Crippen molar-refractivity contribution >= 4 is 11.6 Å². The number of allylic oxidation sites excluding steroid dienone is 1. The Morgan fingerprint density at radius 3 is 2.66 bits per heavy atom. The number of carbonyl (C=O) groups excluding carboxylic acids is 2. The summed E-state index contributed by atoms with van der Waals surface area (Å²) in [6, 6.07) is 0. The van der Waals surface area contributed by atoms with Gasteiger partial charge in [0.25, 0.3) is 5.56 Å². The fraction of sp³-hybridized carbons (Fsp3) is 0.680. The average Bonchev–Trinajstić information content (AvgIpc) is 3.11. The van der Waals surface area contributed by atoms with Crippen molar-refractivity contribution in [1.29, 1.82) is 0 Å². The van der Waals surface area contributed by atoms with Crippen LogP contribution >= 0.6 is 0 Å². The van der Waals surface area contributed by atoms with Gasteiger partial charge in [-0.2, -0.15) is 4.39 Å². The van der Waals surface area contributed by atoms with E-state index in [4.69, 9.17) is 0 Å². The van der Waals surface area contributed by atoms with Crippen LogP contribution in [-0.4, -0.2) is 21.1 Å². The minimum absolute atomic E-state index is 0.0857. The Kier molecular flexibility index (Phi) is 4.95. The molecule has 0 aromatic carbocycles. The molecule has 3 fully saturated rings. The number of nitrogens with zero attached hydrogens (tertiary/aromatic N) is 1. The highest BCUT2D eigenvalue weighted by Crippen LogP contribution is 2.66. The lowest BCUT2D eigenvalue weighted by Gasteiger charge is -2.58. The van der Waals surface area contributed by atoms with Crippen molar-refractivity contribution in [2.45, 2.75) is 71.8 Å². The number of H-pyrrole nitrogens is 1. The summed E-state index contributed by atoms with van der Waals surface area (Å²) >= 11 is 0. The first-order valence-corrected chi connectivity index (χ1v) is 11.9. The molecule has 0 spiro atoms. The maximum absolute atomic E-state index is 13.7. The maximum atomic E-state index is 13.7. The number of ketones is 2. The lowest BCUT2D eigenvalue weighted by molar-refractivity contribution is -0.131. The van der Waals surface area contributed by atoms with E-state index < -0.39 is 17.1 Å². The Bertz CT molecular complexity index is 1130. The first-order valence-electron chi connectivity index (χ1n) is 11.9. The topological polar surface area (TPSA) is 89.0 Å². The smallest absolute Gasteiger partial charge is 0.311 e. The van der Waals surface area contributed by atoms with Gasteiger partial charge in [-0.05, 0) is 79.6 Å². The highest BCUT2D eigenvalue weighted by molar-refractivity contribution is 5.91. The van der Waals surface area contributed by atoms with Gasteiger partial charge in [-0.15, -0.1) is 0 Å². The van der Waals surface area contributed by atoms with Gasteiger partial charge in [0.2, 0.25) is 5.82 Å². The normalized spacial score (nSPS) is 38.5. The molecule has 0 saturated heterocycles. The van der Waals surface area contributed by atoms with Crippen molar-refractivity contribution in [3.05, 3.63) is 44.5 Å². The molecule has 3 saturated carbocycles. The zero-order valence-corrected chi connectivity index (χ0v) is 18.8. The molecule has 0 radical (unpaired) electrons. The Balaban J connectivity index is 1.40. The summed E-state index contributed by atoms with van der Waals surface area (Å²) in [5.74, 6) is 0.328. The van der Waals surface area contributed by atoms with Crippen molar-refractivity contribution in [1.82, 2.24) is 9.55 Å². The molecule has 4 aliphatic rings. The number of aromatic amines is 1. The molecular formula is C25H31FN2O4. The first kappa shape index (κ1) is 21.5. The number of nitrogens with one attached hydrogen (secondary N) is 1. The minimum Gasteiger partial charge on any atom is -0.311 e. The number of fused-ring (bicyclic) bond motifs is 5. The van der Waals surface area contributed by atoms with E-state index in [-0.39, 0.29) is 34.9 Å². The second-order valence-corrected chi connectivity index (χ2v) is 10.9. The highest BCUT2D eigenvalue weighted by atomic mass is 19.1. The molecule has 1 heterocycles. The molecule has 5 rings (SSSR count). The maximum Gasteiger partial charge on any atom is 0.328 e. The summed E-state index contributed by atoms with van der Waals surface area (Å²) < 4.78 is 14.4. The van der Waals surface area contributed by atoms with Gasteiger partial charge in [-0.3, -0.25) is 19.0 Å². The van der Waals surface area contributed by atoms with Crippen LogP contribution in [0.4, 0.5) is 4.39 Å². The molecule has 172 valence electrons. The number of halogens is 1. The van der Waals surface area contributed by atoms with Gasteiger partial charge in [0.15, 0.2) is 11.6 Å². The lowest BCUT2D eigenvalue weighted by Crippen LogP contribution is -2.51. The third kappa shape index (κ3) is 3.03. The summed E-state index contributed by atoms with van der Waals surface area (Å²) in [6.45, 7) is 4.17. The second-order valence-electron chi connectivity index (χ2n) is 10.9. The van der Waals surface area contributed by atoms with E-state index in [1.54, 1.807) is 0 Å². The predicted molar refractivity (Wildman–Crippen MR) is 116 cm³/mol. The predicted octanol–water partition coefficient (Wildman–Crippen LogP) is 3.39. The molecule has 7 heteroatoms. The van der Waals surface area contributed by atoms with Crippen LogP contribution in [0, 0.1) is 40.3 Å². The van der Waals surface area contributed by atoms with Crippen LogP contribution in [0.5, 0.6) is 0 Å². The molecule has 6 unspecified atom stereocenters. The summed E-state index contributed by atoms with van der Waals surface area (Å²) in [7, 11) is 0. The Hall–Kier alpha value is -2.31. The Morgan fingerprint density at radius 2 is 1.88 bits per heavy atom. The summed E-state index contributed by atoms with van der Waals surface area (Å²) in [5, 5.41) is 0. The minimum atomic E-state index is -1.06. The van der Waals surface area contributed by atoms with E-state index >= 15 is 0 Å². The van der Waals surface area contributed by atoms with E-state index in [9.17, 15) is 23.6 Å². The number of hydrogen-bond acceptors (Lipinski definition) is 4. The number of aromatic nitrogens is 2. The lowest BCUT2D eigenvalue weighted by atomic mass is 9.46. The molecule has 1 aromatic rings. The van der Waals surface area contributed by atoms with Gasteiger partial charge in [0.05, 0.1) is 6.54 Å². The molecule has 4 aliphatic carbocycles. The Morgan fingerprint density at radius 1 is 1.09 bits per heavy atom. The molecule has 0 amide bonds.